The Morgan fingerprint density at radius 2 is 1.10 bits per heavy atom. The minimum atomic E-state index is -0.824. The van der Waals surface area contributed by atoms with Gasteiger partial charge in [0.15, 0.2) is 5.60 Å². The smallest absolute Gasteiger partial charge is 0.184 e. The summed E-state index contributed by atoms with van der Waals surface area (Å²) in [5.74, 6) is 0.746. The van der Waals surface area contributed by atoms with E-state index < -0.39 is 5.60 Å². The third-order valence-corrected chi connectivity index (χ3v) is 5.77. The first-order chi connectivity index (χ1) is 14.8. The number of hydrogen-bond donors (Lipinski definition) is 1. The molecule has 0 amide bonds. The molecule has 5 rings (SSSR count). The maximum atomic E-state index is 7.00. The minimum absolute atomic E-state index is 0.698. The average Bonchev–Trinajstić information content (AvgIpc) is 3.32. The highest BCUT2D eigenvalue weighted by atomic mass is 35.5. The van der Waals surface area contributed by atoms with Gasteiger partial charge in [-0.2, -0.15) is 0 Å². The molecule has 4 aromatic carbocycles. The van der Waals surface area contributed by atoms with Crippen molar-refractivity contribution in [1.29, 1.82) is 0 Å². The van der Waals surface area contributed by atoms with Crippen LogP contribution in [0.15, 0.2) is 115 Å². The van der Waals surface area contributed by atoms with Crippen LogP contribution in [-0.4, -0.2) is 4.98 Å². The third-order valence-electron chi connectivity index (χ3n) is 5.44. The lowest BCUT2D eigenvalue weighted by atomic mass is 9.80. The van der Waals surface area contributed by atoms with E-state index in [9.17, 15) is 0 Å². The van der Waals surface area contributed by atoms with Crippen LogP contribution in [0.2, 0.25) is 5.02 Å². The fraction of sp³-hybridized carbons (Fsp3) is 0.0370. The summed E-state index contributed by atoms with van der Waals surface area (Å²) < 4.78 is 7.00. The highest BCUT2D eigenvalue weighted by Gasteiger charge is 2.39. The minimum Gasteiger partial charge on any atom is -0.471 e. The van der Waals surface area contributed by atoms with Crippen molar-refractivity contribution in [2.75, 3.05) is 0 Å². The van der Waals surface area contributed by atoms with Crippen LogP contribution < -0.4 is 4.74 Å². The molecule has 1 N–H and O–H groups in total. The van der Waals surface area contributed by atoms with Crippen molar-refractivity contribution < 1.29 is 4.74 Å². The Morgan fingerprint density at radius 1 is 0.600 bits per heavy atom. The van der Waals surface area contributed by atoms with Gasteiger partial charge in [-0.15, -0.1) is 0 Å². The molecule has 0 radical (unpaired) electrons. The normalized spacial score (nSPS) is 11.5. The molecule has 1 aromatic heterocycles. The lowest BCUT2D eigenvalue weighted by Gasteiger charge is -2.36. The number of hydrogen-bond acceptors (Lipinski definition) is 1. The first-order valence-corrected chi connectivity index (χ1v) is 10.3. The van der Waals surface area contributed by atoms with Crippen molar-refractivity contribution in [3.63, 3.8) is 0 Å². The fourth-order valence-electron chi connectivity index (χ4n) is 4.04. The van der Waals surface area contributed by atoms with Crippen LogP contribution in [0.5, 0.6) is 5.75 Å². The molecule has 0 aliphatic rings. The van der Waals surface area contributed by atoms with E-state index >= 15 is 0 Å². The molecule has 0 saturated heterocycles. The van der Waals surface area contributed by atoms with Gasteiger partial charge in [-0.25, -0.2) is 0 Å². The second kappa shape index (κ2) is 7.74. The van der Waals surface area contributed by atoms with Crippen molar-refractivity contribution in [1.82, 2.24) is 4.98 Å². The Balaban J connectivity index is 1.82. The van der Waals surface area contributed by atoms with Gasteiger partial charge in [0, 0.05) is 28.3 Å². The van der Waals surface area contributed by atoms with E-state index in [0.29, 0.717) is 5.02 Å². The van der Waals surface area contributed by atoms with Crippen LogP contribution in [0.4, 0.5) is 0 Å². The van der Waals surface area contributed by atoms with Gasteiger partial charge in [-0.3, -0.25) is 0 Å². The highest BCUT2D eigenvalue weighted by molar-refractivity contribution is 6.35. The van der Waals surface area contributed by atoms with E-state index in [-0.39, 0.29) is 0 Å². The topological polar surface area (TPSA) is 25.0 Å². The van der Waals surface area contributed by atoms with Crippen molar-refractivity contribution in [3.05, 3.63) is 137 Å². The van der Waals surface area contributed by atoms with E-state index in [1.165, 1.54) is 0 Å². The molecule has 146 valence electrons. The van der Waals surface area contributed by atoms with Crippen LogP contribution >= 0.6 is 11.6 Å². The Kier molecular flexibility index (Phi) is 4.78. The van der Waals surface area contributed by atoms with Gasteiger partial charge in [0.25, 0.3) is 0 Å². The molecule has 2 nitrogen and oxygen atoms in total. The van der Waals surface area contributed by atoms with Crippen LogP contribution in [0.25, 0.3) is 10.9 Å². The Morgan fingerprint density at radius 3 is 1.60 bits per heavy atom. The number of benzene rings is 4. The summed E-state index contributed by atoms with van der Waals surface area (Å²) in [6.45, 7) is 0. The van der Waals surface area contributed by atoms with Crippen molar-refractivity contribution in [2.45, 2.75) is 5.60 Å². The zero-order valence-corrected chi connectivity index (χ0v) is 17.0. The summed E-state index contributed by atoms with van der Waals surface area (Å²) in [6.07, 6.45) is 1.89. The second-order valence-corrected chi connectivity index (χ2v) is 7.60. The number of nitrogens with one attached hydrogen (secondary N) is 1. The number of aromatic amines is 1. The number of halogens is 1. The largest absolute Gasteiger partial charge is 0.471 e. The Hall–Kier alpha value is -3.49. The molecule has 0 bridgehead atoms. The maximum Gasteiger partial charge on any atom is 0.184 e. The second-order valence-electron chi connectivity index (χ2n) is 7.19. The number of aromatic nitrogens is 1. The van der Waals surface area contributed by atoms with Gasteiger partial charge in [0.05, 0.1) is 10.5 Å². The fourth-order valence-corrected chi connectivity index (χ4v) is 4.26. The lowest BCUT2D eigenvalue weighted by molar-refractivity contribution is 0.157. The van der Waals surface area contributed by atoms with Crippen LogP contribution in [0.1, 0.15) is 16.7 Å². The first-order valence-electron chi connectivity index (χ1n) is 9.90. The summed E-state index contributed by atoms with van der Waals surface area (Å²) in [5.41, 5.74) is 3.22. The summed E-state index contributed by atoms with van der Waals surface area (Å²) in [4.78, 5) is 3.30. The molecule has 30 heavy (non-hydrogen) atoms. The molecule has 0 saturated carbocycles. The summed E-state index contributed by atoms with van der Waals surface area (Å²) >= 11 is 6.42. The molecule has 0 unspecified atom stereocenters. The van der Waals surface area contributed by atoms with Crippen LogP contribution in [0, 0.1) is 0 Å². The van der Waals surface area contributed by atoms with Gasteiger partial charge in [0.2, 0.25) is 0 Å². The SMILES string of the molecule is Clc1ccc(OC(c2ccccc2)(c2ccccc2)c2ccccc2)c2[nH]ccc12. The zero-order chi connectivity index (χ0) is 20.4. The van der Waals surface area contributed by atoms with E-state index in [2.05, 4.69) is 41.4 Å². The van der Waals surface area contributed by atoms with Gasteiger partial charge in [-0.1, -0.05) is 103 Å². The molecular formula is C27H20ClNO. The quantitative estimate of drug-likeness (QED) is 0.305. The van der Waals surface area contributed by atoms with Crippen molar-refractivity contribution in [3.8, 4) is 5.75 Å². The molecule has 0 aliphatic carbocycles. The van der Waals surface area contributed by atoms with Gasteiger partial charge in [-0.05, 0) is 18.2 Å². The number of fused-ring (bicyclic) bond motifs is 1. The molecular weight excluding hydrogens is 390 g/mol. The van der Waals surface area contributed by atoms with E-state index in [0.717, 1.165) is 33.3 Å². The first kappa shape index (κ1) is 18.5. The summed E-state index contributed by atoms with van der Waals surface area (Å²) in [6, 6.07) is 36.8. The van der Waals surface area contributed by atoms with E-state index in [4.69, 9.17) is 16.3 Å². The zero-order valence-electron chi connectivity index (χ0n) is 16.3. The van der Waals surface area contributed by atoms with Crippen LogP contribution in [-0.2, 0) is 5.60 Å². The predicted octanol–water partition coefficient (Wildman–Crippen LogP) is 7.19. The van der Waals surface area contributed by atoms with Gasteiger partial charge >= 0.3 is 0 Å². The third kappa shape index (κ3) is 3.06. The number of rotatable bonds is 5. The van der Waals surface area contributed by atoms with Crippen molar-refractivity contribution in [2.24, 2.45) is 0 Å². The number of H-pyrrole nitrogens is 1. The maximum absolute atomic E-state index is 7.00. The molecule has 0 fully saturated rings. The number of ether oxygens (including phenoxy) is 1. The Labute approximate surface area is 180 Å². The van der Waals surface area contributed by atoms with Crippen LogP contribution in [0.3, 0.4) is 0 Å². The monoisotopic (exact) mass is 409 g/mol. The molecule has 0 atom stereocenters. The molecule has 0 aliphatic heterocycles. The standard InChI is InChI=1S/C27H20ClNO/c28-24-16-17-25(26-23(24)18-19-29-26)30-27(20-10-4-1-5-11-20,21-12-6-2-7-13-21)22-14-8-3-9-15-22/h1-19,29H. The van der Waals surface area contributed by atoms with Gasteiger partial charge < -0.3 is 9.72 Å². The molecule has 0 spiro atoms. The van der Waals surface area contributed by atoms with E-state index in [1.54, 1.807) is 0 Å². The Bertz CT molecular complexity index is 1170. The highest BCUT2D eigenvalue weighted by Crippen LogP contribution is 2.43. The summed E-state index contributed by atoms with van der Waals surface area (Å²) in [5, 5.41) is 1.64. The van der Waals surface area contributed by atoms with Gasteiger partial charge in [0.1, 0.15) is 5.75 Å². The molecule has 1 heterocycles. The predicted molar refractivity (Wildman–Crippen MR) is 123 cm³/mol. The molecule has 3 heteroatoms. The van der Waals surface area contributed by atoms with Crippen molar-refractivity contribution >= 4 is 22.5 Å². The van der Waals surface area contributed by atoms with E-state index in [1.807, 2.05) is 79.0 Å². The summed E-state index contributed by atoms with van der Waals surface area (Å²) in [7, 11) is 0. The lowest BCUT2D eigenvalue weighted by Crippen LogP contribution is -2.36. The average molecular weight is 410 g/mol. The molecule has 5 aromatic rings.